The first-order valence-corrected chi connectivity index (χ1v) is 7.06. The summed E-state index contributed by atoms with van der Waals surface area (Å²) in [4.78, 5) is 12.2. The summed E-state index contributed by atoms with van der Waals surface area (Å²) in [5.74, 6) is -0.823. The summed E-state index contributed by atoms with van der Waals surface area (Å²) < 4.78 is 47.5. The number of hydrogen-bond donors (Lipinski definition) is 2. The van der Waals surface area contributed by atoms with E-state index in [9.17, 15) is 18.0 Å². The van der Waals surface area contributed by atoms with E-state index in [-0.39, 0.29) is 28.4 Å². The molecule has 1 amide bonds. The lowest BCUT2D eigenvalue weighted by Gasteiger charge is -2.08. The number of fused-ring (bicyclic) bond motifs is 1. The second-order valence-corrected chi connectivity index (χ2v) is 4.96. The van der Waals surface area contributed by atoms with Gasteiger partial charge in [0.15, 0.2) is 11.6 Å². The van der Waals surface area contributed by atoms with Crippen LogP contribution < -0.4 is 14.8 Å². The summed E-state index contributed by atoms with van der Waals surface area (Å²) in [6.45, 7) is -3.03. The molecule has 3 aromatic rings. The summed E-state index contributed by atoms with van der Waals surface area (Å²) in [5.41, 5.74) is 0.389. The van der Waals surface area contributed by atoms with E-state index in [1.54, 1.807) is 0 Å². The molecule has 0 aliphatic rings. The molecule has 25 heavy (non-hydrogen) atoms. The second-order valence-electron chi connectivity index (χ2n) is 4.96. The molecule has 0 atom stereocenters. The van der Waals surface area contributed by atoms with Gasteiger partial charge >= 0.3 is 6.61 Å². The van der Waals surface area contributed by atoms with Gasteiger partial charge in [0.05, 0.1) is 12.5 Å². The number of H-pyrrole nitrogens is 1. The van der Waals surface area contributed by atoms with Gasteiger partial charge in [-0.3, -0.25) is 9.89 Å². The predicted molar refractivity (Wildman–Crippen MR) is 83.6 cm³/mol. The molecule has 0 radical (unpaired) electrons. The molecule has 0 saturated carbocycles. The number of carbonyl (C=O) groups excluding carboxylic acids is 1. The molecule has 130 valence electrons. The molecular formula is C16H12F3N3O3. The number of carbonyl (C=O) groups is 1. The largest absolute Gasteiger partial charge is 0.497 e. The Morgan fingerprint density at radius 2 is 1.96 bits per heavy atom. The molecule has 0 aliphatic carbocycles. The van der Waals surface area contributed by atoms with Crippen LogP contribution in [0.3, 0.4) is 0 Å². The fourth-order valence-electron chi connectivity index (χ4n) is 2.25. The third kappa shape index (κ3) is 3.49. The van der Waals surface area contributed by atoms with Crippen molar-refractivity contribution in [1.82, 2.24) is 10.2 Å². The molecule has 0 bridgehead atoms. The minimum absolute atomic E-state index is 0.0994. The van der Waals surface area contributed by atoms with E-state index in [4.69, 9.17) is 4.74 Å². The number of benzene rings is 2. The zero-order chi connectivity index (χ0) is 18.0. The van der Waals surface area contributed by atoms with Gasteiger partial charge in [0.25, 0.3) is 5.91 Å². The predicted octanol–water partition coefficient (Wildman–Crippen LogP) is 3.56. The van der Waals surface area contributed by atoms with Crippen molar-refractivity contribution >= 4 is 22.6 Å². The maximum atomic E-state index is 12.9. The first-order chi connectivity index (χ1) is 12.0. The first-order valence-electron chi connectivity index (χ1n) is 7.06. The summed E-state index contributed by atoms with van der Waals surface area (Å²) in [5, 5.41) is 9.31. The van der Waals surface area contributed by atoms with Gasteiger partial charge in [-0.2, -0.15) is 13.9 Å². The van der Waals surface area contributed by atoms with Crippen LogP contribution in [0.25, 0.3) is 10.9 Å². The molecule has 2 aromatic carbocycles. The maximum Gasteiger partial charge on any atom is 0.387 e. The van der Waals surface area contributed by atoms with E-state index in [1.165, 1.54) is 31.4 Å². The lowest BCUT2D eigenvalue weighted by molar-refractivity contribution is -0.0490. The van der Waals surface area contributed by atoms with Gasteiger partial charge in [-0.15, -0.1) is 0 Å². The Hall–Kier alpha value is -3.23. The number of hydrogen-bond acceptors (Lipinski definition) is 4. The van der Waals surface area contributed by atoms with Crippen molar-refractivity contribution in [1.29, 1.82) is 0 Å². The van der Waals surface area contributed by atoms with E-state index in [1.807, 2.05) is 0 Å². The molecule has 9 heteroatoms. The Balaban J connectivity index is 1.96. The monoisotopic (exact) mass is 351 g/mol. The van der Waals surface area contributed by atoms with Gasteiger partial charge in [-0.25, -0.2) is 4.39 Å². The van der Waals surface area contributed by atoms with E-state index in [0.29, 0.717) is 5.39 Å². The Kier molecular flexibility index (Phi) is 4.46. The number of rotatable bonds is 5. The second kappa shape index (κ2) is 6.71. The Labute approximate surface area is 139 Å². The SMILES string of the molecule is COc1cc(OC(F)F)c2[nH]nc(NC(=O)c3ccc(F)cc3)c2c1. The van der Waals surface area contributed by atoms with Crippen molar-refractivity contribution in [3.8, 4) is 11.5 Å². The number of amides is 1. The molecule has 0 aliphatic heterocycles. The van der Waals surface area contributed by atoms with Gasteiger partial charge in [0.1, 0.15) is 17.1 Å². The molecule has 1 aromatic heterocycles. The number of nitrogens with one attached hydrogen (secondary N) is 2. The molecule has 2 N–H and O–H groups in total. The third-order valence-electron chi connectivity index (χ3n) is 3.40. The summed E-state index contributed by atoms with van der Waals surface area (Å²) >= 11 is 0. The summed E-state index contributed by atoms with van der Waals surface area (Å²) in [6, 6.07) is 7.71. The average Bonchev–Trinajstić information content (AvgIpc) is 2.98. The number of aromatic nitrogens is 2. The molecule has 0 fully saturated rings. The molecule has 6 nitrogen and oxygen atoms in total. The standard InChI is InChI=1S/C16H12F3N3O3/c1-24-10-6-11-13(12(7-10)25-16(18)19)21-22-14(11)20-15(23)8-2-4-9(17)5-3-8/h2-7,16H,1H3,(H2,20,21,22,23). The van der Waals surface area contributed by atoms with Crippen molar-refractivity contribution < 1.29 is 27.4 Å². The number of nitrogens with zero attached hydrogens (tertiary/aromatic N) is 1. The number of ether oxygens (including phenoxy) is 2. The highest BCUT2D eigenvalue weighted by Crippen LogP contribution is 2.34. The van der Waals surface area contributed by atoms with Crippen LogP contribution in [0.15, 0.2) is 36.4 Å². The molecule has 3 rings (SSSR count). The smallest absolute Gasteiger partial charge is 0.387 e. The Morgan fingerprint density at radius 3 is 2.60 bits per heavy atom. The topological polar surface area (TPSA) is 76.2 Å². The van der Waals surface area contributed by atoms with Crippen molar-refractivity contribution in [2.24, 2.45) is 0 Å². The van der Waals surface area contributed by atoms with E-state index >= 15 is 0 Å². The number of anilines is 1. The highest BCUT2D eigenvalue weighted by Gasteiger charge is 2.17. The maximum absolute atomic E-state index is 12.9. The highest BCUT2D eigenvalue weighted by atomic mass is 19.3. The summed E-state index contributed by atoms with van der Waals surface area (Å²) in [6.07, 6.45) is 0. The van der Waals surface area contributed by atoms with E-state index in [2.05, 4.69) is 20.3 Å². The third-order valence-corrected chi connectivity index (χ3v) is 3.40. The van der Waals surface area contributed by atoms with Gasteiger partial charge < -0.3 is 14.8 Å². The quantitative estimate of drug-likeness (QED) is 0.737. The zero-order valence-corrected chi connectivity index (χ0v) is 12.8. The first kappa shape index (κ1) is 16.6. The highest BCUT2D eigenvalue weighted by molar-refractivity contribution is 6.08. The lowest BCUT2D eigenvalue weighted by Crippen LogP contribution is -2.12. The van der Waals surface area contributed by atoms with Crippen LogP contribution in [-0.4, -0.2) is 29.8 Å². The van der Waals surface area contributed by atoms with Crippen LogP contribution in [0.1, 0.15) is 10.4 Å². The van der Waals surface area contributed by atoms with Gasteiger partial charge in [0, 0.05) is 11.6 Å². The fourth-order valence-corrected chi connectivity index (χ4v) is 2.25. The number of halogens is 3. The molecule has 0 unspecified atom stereocenters. The van der Waals surface area contributed by atoms with Gasteiger partial charge in [-0.1, -0.05) is 0 Å². The molecule has 0 saturated heterocycles. The van der Waals surface area contributed by atoms with Crippen LogP contribution in [0.4, 0.5) is 19.0 Å². The normalized spacial score (nSPS) is 10.9. The fraction of sp³-hybridized carbons (Fsp3) is 0.125. The van der Waals surface area contributed by atoms with E-state index in [0.717, 1.165) is 12.1 Å². The average molecular weight is 351 g/mol. The lowest BCUT2D eigenvalue weighted by atomic mass is 10.2. The Bertz CT molecular complexity index is 910. The van der Waals surface area contributed by atoms with Crippen molar-refractivity contribution in [3.63, 3.8) is 0 Å². The van der Waals surface area contributed by atoms with Crippen LogP contribution in [-0.2, 0) is 0 Å². The van der Waals surface area contributed by atoms with Crippen molar-refractivity contribution in [2.75, 3.05) is 12.4 Å². The minimum Gasteiger partial charge on any atom is -0.497 e. The van der Waals surface area contributed by atoms with E-state index < -0.39 is 18.3 Å². The number of alkyl halides is 2. The van der Waals surface area contributed by atoms with Crippen LogP contribution >= 0.6 is 0 Å². The van der Waals surface area contributed by atoms with Crippen LogP contribution in [0.5, 0.6) is 11.5 Å². The number of aromatic amines is 1. The number of methoxy groups -OCH3 is 1. The molecule has 1 heterocycles. The minimum atomic E-state index is -3.03. The van der Waals surface area contributed by atoms with Gasteiger partial charge in [-0.05, 0) is 30.3 Å². The molecular weight excluding hydrogens is 339 g/mol. The van der Waals surface area contributed by atoms with Crippen LogP contribution in [0.2, 0.25) is 0 Å². The van der Waals surface area contributed by atoms with Crippen molar-refractivity contribution in [3.05, 3.63) is 47.8 Å². The van der Waals surface area contributed by atoms with Crippen molar-refractivity contribution in [2.45, 2.75) is 6.61 Å². The molecule has 0 spiro atoms. The summed E-state index contributed by atoms with van der Waals surface area (Å²) in [7, 11) is 1.37. The van der Waals surface area contributed by atoms with Crippen LogP contribution in [0, 0.1) is 5.82 Å². The Morgan fingerprint density at radius 1 is 1.24 bits per heavy atom. The van der Waals surface area contributed by atoms with Gasteiger partial charge in [0.2, 0.25) is 0 Å². The zero-order valence-electron chi connectivity index (χ0n) is 12.8.